The van der Waals surface area contributed by atoms with Crippen molar-refractivity contribution in [3.63, 3.8) is 0 Å². The predicted molar refractivity (Wildman–Crippen MR) is 102 cm³/mol. The van der Waals surface area contributed by atoms with E-state index in [-0.39, 0.29) is 5.91 Å². The monoisotopic (exact) mass is 369 g/mol. The topological polar surface area (TPSA) is 29.1 Å². The molecule has 3 aromatic carbocycles. The Bertz CT molecular complexity index is 817. The molecule has 0 atom stereocenters. The van der Waals surface area contributed by atoms with Crippen LogP contribution in [0, 0.1) is 0 Å². The van der Waals surface area contributed by atoms with Crippen LogP contribution in [0.25, 0.3) is 0 Å². The van der Waals surface area contributed by atoms with Gasteiger partial charge in [-0.2, -0.15) is 8.78 Å². The molecule has 0 aliphatic carbocycles. The summed E-state index contributed by atoms with van der Waals surface area (Å²) in [7, 11) is 0. The minimum Gasteiger partial charge on any atom is -0.324 e. The lowest BCUT2D eigenvalue weighted by Gasteiger charge is -2.19. The van der Waals surface area contributed by atoms with Crippen molar-refractivity contribution in [3.8, 4) is 0 Å². The number of anilines is 1. The van der Waals surface area contributed by atoms with Gasteiger partial charge in [0.2, 0.25) is 5.91 Å². The van der Waals surface area contributed by atoms with E-state index in [4.69, 9.17) is 0 Å². The highest BCUT2D eigenvalue weighted by atomic mass is 32.2. The van der Waals surface area contributed by atoms with Crippen molar-refractivity contribution in [1.82, 2.24) is 0 Å². The van der Waals surface area contributed by atoms with Gasteiger partial charge in [-0.25, -0.2) is 0 Å². The summed E-state index contributed by atoms with van der Waals surface area (Å²) < 4.78 is 25.6. The molecule has 132 valence electrons. The number of halogens is 2. The molecule has 0 fully saturated rings. The van der Waals surface area contributed by atoms with Crippen LogP contribution in [0.4, 0.5) is 14.5 Å². The summed E-state index contributed by atoms with van der Waals surface area (Å²) in [6.45, 7) is 0. The molecule has 5 heteroatoms. The summed E-state index contributed by atoms with van der Waals surface area (Å²) in [4.78, 5) is 13.4. The molecule has 0 unspecified atom stereocenters. The molecule has 0 radical (unpaired) electrons. The normalized spacial score (nSPS) is 10.9. The highest BCUT2D eigenvalue weighted by molar-refractivity contribution is 7.99. The maximum atomic E-state index is 13.0. The Hall–Kier alpha value is -2.66. The fourth-order valence-electron chi connectivity index (χ4n) is 2.76. The van der Waals surface area contributed by atoms with Gasteiger partial charge in [0.15, 0.2) is 0 Å². The van der Waals surface area contributed by atoms with Crippen LogP contribution in [0.3, 0.4) is 0 Å². The van der Waals surface area contributed by atoms with E-state index < -0.39 is 11.7 Å². The molecule has 2 nitrogen and oxygen atoms in total. The molecule has 0 saturated heterocycles. The Kier molecular flexibility index (Phi) is 6.02. The molecule has 1 amide bonds. The zero-order valence-corrected chi connectivity index (χ0v) is 14.6. The fraction of sp³-hybridized carbons (Fsp3) is 0.0952. The Balaban J connectivity index is 1.92. The largest absolute Gasteiger partial charge is 0.324 e. The average Bonchev–Trinajstić information content (AvgIpc) is 2.65. The van der Waals surface area contributed by atoms with Crippen LogP contribution in [0.2, 0.25) is 0 Å². The van der Waals surface area contributed by atoms with Crippen LogP contribution in [0.5, 0.6) is 0 Å². The van der Waals surface area contributed by atoms with E-state index in [2.05, 4.69) is 5.32 Å². The molecule has 0 bridgehead atoms. The summed E-state index contributed by atoms with van der Waals surface area (Å²) in [6, 6.07) is 25.4. The van der Waals surface area contributed by atoms with Gasteiger partial charge in [-0.15, -0.1) is 0 Å². The van der Waals surface area contributed by atoms with E-state index in [1.54, 1.807) is 24.3 Å². The van der Waals surface area contributed by atoms with Crippen molar-refractivity contribution in [2.24, 2.45) is 0 Å². The quantitative estimate of drug-likeness (QED) is 0.559. The van der Waals surface area contributed by atoms with Gasteiger partial charge in [0.25, 0.3) is 5.76 Å². The van der Waals surface area contributed by atoms with Gasteiger partial charge in [-0.1, -0.05) is 84.6 Å². The number of alkyl halides is 2. The van der Waals surface area contributed by atoms with Crippen LogP contribution in [-0.2, 0) is 4.79 Å². The third-order valence-corrected chi connectivity index (χ3v) is 4.68. The third kappa shape index (κ3) is 4.49. The highest BCUT2D eigenvalue weighted by Crippen LogP contribution is 2.33. The number of benzene rings is 3. The molecule has 0 aromatic heterocycles. The first-order valence-electron chi connectivity index (χ1n) is 8.10. The zero-order valence-electron chi connectivity index (χ0n) is 13.8. The maximum Gasteiger partial charge on any atom is 0.288 e. The summed E-state index contributed by atoms with van der Waals surface area (Å²) in [5.41, 5.74) is 2.07. The van der Waals surface area contributed by atoms with Crippen molar-refractivity contribution in [2.75, 3.05) is 5.32 Å². The SMILES string of the molecule is O=C(Nc1ccccc1SC(F)F)C(c1ccccc1)c1ccccc1. The smallest absolute Gasteiger partial charge is 0.288 e. The first-order valence-corrected chi connectivity index (χ1v) is 8.97. The number of para-hydroxylation sites is 1. The van der Waals surface area contributed by atoms with Crippen LogP contribution < -0.4 is 5.32 Å². The van der Waals surface area contributed by atoms with E-state index >= 15 is 0 Å². The van der Waals surface area contributed by atoms with Crippen LogP contribution in [0.15, 0.2) is 89.8 Å². The highest BCUT2D eigenvalue weighted by Gasteiger charge is 2.23. The van der Waals surface area contributed by atoms with Crippen LogP contribution in [0.1, 0.15) is 17.0 Å². The number of nitrogens with one attached hydrogen (secondary N) is 1. The minimum absolute atomic E-state index is 0.260. The molecule has 0 saturated carbocycles. The lowest BCUT2D eigenvalue weighted by molar-refractivity contribution is -0.116. The molecule has 0 aliphatic rings. The van der Waals surface area contributed by atoms with E-state index in [0.29, 0.717) is 22.3 Å². The lowest BCUT2D eigenvalue weighted by atomic mass is 9.90. The van der Waals surface area contributed by atoms with Crippen molar-refractivity contribution in [3.05, 3.63) is 96.1 Å². The number of hydrogen-bond donors (Lipinski definition) is 1. The third-order valence-electron chi connectivity index (χ3n) is 3.89. The molecule has 0 heterocycles. The second-order valence-corrected chi connectivity index (χ2v) is 6.65. The molecule has 0 aliphatic heterocycles. The van der Waals surface area contributed by atoms with Gasteiger partial charge < -0.3 is 5.32 Å². The van der Waals surface area contributed by atoms with Crippen molar-refractivity contribution >= 4 is 23.4 Å². The lowest BCUT2D eigenvalue weighted by Crippen LogP contribution is -2.22. The number of thioether (sulfide) groups is 1. The first-order chi connectivity index (χ1) is 12.6. The van der Waals surface area contributed by atoms with Gasteiger partial charge in [-0.05, 0) is 23.3 Å². The van der Waals surface area contributed by atoms with Crippen molar-refractivity contribution < 1.29 is 13.6 Å². The van der Waals surface area contributed by atoms with Gasteiger partial charge in [-0.3, -0.25) is 4.79 Å². The number of amides is 1. The van der Waals surface area contributed by atoms with E-state index in [1.807, 2.05) is 60.7 Å². The Labute approximate surface area is 155 Å². The first kappa shape index (κ1) is 18.1. The van der Waals surface area contributed by atoms with E-state index in [0.717, 1.165) is 11.1 Å². The summed E-state index contributed by atoms with van der Waals surface area (Å²) in [5.74, 6) is -3.33. The Morgan fingerprint density at radius 3 is 1.81 bits per heavy atom. The maximum absolute atomic E-state index is 13.0. The number of rotatable bonds is 6. The minimum atomic E-state index is -2.55. The Morgan fingerprint density at radius 2 is 1.27 bits per heavy atom. The number of carbonyl (C=O) groups is 1. The second-order valence-electron chi connectivity index (χ2n) is 5.62. The van der Waals surface area contributed by atoms with Crippen LogP contribution in [-0.4, -0.2) is 11.7 Å². The van der Waals surface area contributed by atoms with Gasteiger partial charge in [0.1, 0.15) is 0 Å². The number of hydrogen-bond acceptors (Lipinski definition) is 2. The zero-order chi connectivity index (χ0) is 18.4. The van der Waals surface area contributed by atoms with Gasteiger partial charge in [0.05, 0.1) is 11.6 Å². The standard InChI is InChI=1S/C21H17F2NOS/c22-21(23)26-18-14-8-7-13-17(18)24-20(25)19(15-9-3-1-4-10-15)16-11-5-2-6-12-16/h1-14,19,21H,(H,24,25). The number of carbonyl (C=O) groups excluding carboxylic acids is 1. The molecule has 1 N–H and O–H groups in total. The molecule has 26 heavy (non-hydrogen) atoms. The van der Waals surface area contributed by atoms with Gasteiger partial charge in [0, 0.05) is 4.90 Å². The molecule has 0 spiro atoms. The average molecular weight is 369 g/mol. The fourth-order valence-corrected chi connectivity index (χ4v) is 3.35. The molecular formula is C21H17F2NOS. The van der Waals surface area contributed by atoms with Crippen molar-refractivity contribution in [2.45, 2.75) is 16.6 Å². The molecular weight excluding hydrogens is 352 g/mol. The summed E-state index contributed by atoms with van der Waals surface area (Å²) in [6.07, 6.45) is 0. The molecule has 3 aromatic rings. The second kappa shape index (κ2) is 8.63. The van der Waals surface area contributed by atoms with Crippen molar-refractivity contribution in [1.29, 1.82) is 0 Å². The van der Waals surface area contributed by atoms with E-state index in [1.165, 1.54) is 0 Å². The summed E-state index contributed by atoms with van der Waals surface area (Å²) in [5, 5.41) is 2.82. The van der Waals surface area contributed by atoms with E-state index in [9.17, 15) is 13.6 Å². The Morgan fingerprint density at radius 1 is 0.769 bits per heavy atom. The van der Waals surface area contributed by atoms with Gasteiger partial charge >= 0.3 is 0 Å². The molecule has 3 rings (SSSR count). The van der Waals surface area contributed by atoms with Crippen LogP contribution >= 0.6 is 11.8 Å². The summed E-state index contributed by atoms with van der Waals surface area (Å²) >= 11 is 0.422. The predicted octanol–water partition coefficient (Wildman–Crippen LogP) is 5.77.